The number of thioether (sulfide) groups is 1. The molecule has 0 saturated carbocycles. The molecule has 5 rings (SSSR count). The second kappa shape index (κ2) is 10.7. The van der Waals surface area contributed by atoms with Gasteiger partial charge in [-0.2, -0.15) is 0 Å². The van der Waals surface area contributed by atoms with E-state index in [9.17, 15) is 4.79 Å². The Balaban J connectivity index is 1.51. The lowest BCUT2D eigenvalue weighted by Crippen LogP contribution is -2.20. The standard InChI is InChI=1S/C29H26N4O2S/c1-20-16-21(2)18-24(17-20)30-28(34)26(22-10-5-3-6-11-22)36-29-32-31-27(23-12-7-4-8-13-23)33(29)19-25-14-9-15-35-25/h3-18,26H,19H2,1-2H3,(H,30,34)/t26-/m1/s1. The van der Waals surface area contributed by atoms with Gasteiger partial charge in [0, 0.05) is 11.3 Å². The first kappa shape index (κ1) is 23.6. The number of amides is 1. The van der Waals surface area contributed by atoms with Crippen molar-refractivity contribution in [2.45, 2.75) is 30.8 Å². The van der Waals surface area contributed by atoms with Crippen LogP contribution in [0.15, 0.2) is 107 Å². The van der Waals surface area contributed by atoms with Crippen molar-refractivity contribution in [2.24, 2.45) is 0 Å². The van der Waals surface area contributed by atoms with E-state index < -0.39 is 5.25 Å². The fraction of sp³-hybridized carbons (Fsp3) is 0.138. The van der Waals surface area contributed by atoms with E-state index >= 15 is 0 Å². The van der Waals surface area contributed by atoms with Gasteiger partial charge in [-0.25, -0.2) is 0 Å². The van der Waals surface area contributed by atoms with Gasteiger partial charge < -0.3 is 9.73 Å². The minimum Gasteiger partial charge on any atom is -0.467 e. The molecule has 0 bridgehead atoms. The van der Waals surface area contributed by atoms with Crippen LogP contribution in [0.25, 0.3) is 11.4 Å². The first-order chi connectivity index (χ1) is 17.6. The Morgan fingerprint density at radius 1 is 0.917 bits per heavy atom. The van der Waals surface area contributed by atoms with Crippen molar-refractivity contribution in [3.05, 3.63) is 120 Å². The summed E-state index contributed by atoms with van der Waals surface area (Å²) >= 11 is 1.38. The van der Waals surface area contributed by atoms with Gasteiger partial charge in [0.2, 0.25) is 5.91 Å². The van der Waals surface area contributed by atoms with E-state index in [-0.39, 0.29) is 5.91 Å². The van der Waals surface area contributed by atoms with Crippen LogP contribution in [0.5, 0.6) is 0 Å². The molecule has 0 radical (unpaired) electrons. The van der Waals surface area contributed by atoms with Crippen molar-refractivity contribution < 1.29 is 9.21 Å². The molecule has 0 fully saturated rings. The summed E-state index contributed by atoms with van der Waals surface area (Å²) in [5.41, 5.74) is 4.80. The highest BCUT2D eigenvalue weighted by Gasteiger charge is 2.26. The molecule has 2 aromatic heterocycles. The van der Waals surface area contributed by atoms with E-state index in [0.29, 0.717) is 11.7 Å². The summed E-state index contributed by atoms with van der Waals surface area (Å²) in [4.78, 5) is 13.6. The Morgan fingerprint density at radius 2 is 1.61 bits per heavy atom. The van der Waals surface area contributed by atoms with Gasteiger partial charge >= 0.3 is 0 Å². The number of carbonyl (C=O) groups excluding carboxylic acids is 1. The molecule has 5 aromatic rings. The normalized spacial score (nSPS) is 11.8. The highest BCUT2D eigenvalue weighted by atomic mass is 32.2. The molecular formula is C29H26N4O2S. The SMILES string of the molecule is Cc1cc(C)cc(NC(=O)[C@H](Sc2nnc(-c3ccccc3)n2Cc2ccco2)c2ccccc2)c1. The average Bonchev–Trinajstić information content (AvgIpc) is 3.53. The van der Waals surface area contributed by atoms with Crippen molar-refractivity contribution in [1.82, 2.24) is 14.8 Å². The van der Waals surface area contributed by atoms with Gasteiger partial charge in [0.1, 0.15) is 11.0 Å². The van der Waals surface area contributed by atoms with Crippen molar-refractivity contribution in [3.63, 3.8) is 0 Å². The predicted octanol–water partition coefficient (Wildman–Crippen LogP) is 6.68. The molecule has 0 aliphatic carbocycles. The number of aryl methyl sites for hydroxylation is 2. The van der Waals surface area contributed by atoms with E-state index in [1.165, 1.54) is 11.8 Å². The Labute approximate surface area is 214 Å². The minimum atomic E-state index is -0.532. The van der Waals surface area contributed by atoms with E-state index in [2.05, 4.69) is 21.6 Å². The lowest BCUT2D eigenvalue weighted by Gasteiger charge is -2.18. The van der Waals surface area contributed by atoms with Gasteiger partial charge in [-0.3, -0.25) is 9.36 Å². The smallest absolute Gasteiger partial charge is 0.242 e. The van der Waals surface area contributed by atoms with Crippen molar-refractivity contribution >= 4 is 23.4 Å². The second-order valence-electron chi connectivity index (χ2n) is 8.61. The van der Waals surface area contributed by atoms with Gasteiger partial charge in [0.05, 0.1) is 12.8 Å². The molecule has 1 atom stereocenters. The van der Waals surface area contributed by atoms with Crippen LogP contribution in [0, 0.1) is 13.8 Å². The molecule has 36 heavy (non-hydrogen) atoms. The molecule has 6 nitrogen and oxygen atoms in total. The summed E-state index contributed by atoms with van der Waals surface area (Å²) in [6.07, 6.45) is 1.65. The van der Waals surface area contributed by atoms with Crippen LogP contribution in [0.3, 0.4) is 0 Å². The van der Waals surface area contributed by atoms with Crippen LogP contribution in [0.2, 0.25) is 0 Å². The van der Waals surface area contributed by atoms with Crippen LogP contribution in [0.1, 0.15) is 27.7 Å². The zero-order chi connectivity index (χ0) is 24.9. The van der Waals surface area contributed by atoms with Crippen LogP contribution in [0.4, 0.5) is 5.69 Å². The zero-order valence-corrected chi connectivity index (χ0v) is 20.9. The Bertz CT molecular complexity index is 1430. The summed E-state index contributed by atoms with van der Waals surface area (Å²) < 4.78 is 7.63. The fourth-order valence-corrected chi connectivity index (χ4v) is 5.17. The molecule has 0 aliphatic rings. The Hall–Kier alpha value is -4.10. The lowest BCUT2D eigenvalue weighted by molar-refractivity contribution is -0.115. The number of hydrogen-bond acceptors (Lipinski definition) is 5. The van der Waals surface area contributed by atoms with E-state index in [1.54, 1.807) is 6.26 Å². The summed E-state index contributed by atoms with van der Waals surface area (Å²) in [5, 5.41) is 12.2. The maximum atomic E-state index is 13.6. The fourth-order valence-electron chi connectivity index (χ4n) is 4.14. The number of aromatic nitrogens is 3. The number of anilines is 1. The van der Waals surface area contributed by atoms with Gasteiger partial charge in [-0.05, 0) is 54.8 Å². The maximum Gasteiger partial charge on any atom is 0.242 e. The van der Waals surface area contributed by atoms with Crippen molar-refractivity contribution in [2.75, 3.05) is 5.32 Å². The molecule has 1 N–H and O–H groups in total. The molecule has 0 unspecified atom stereocenters. The first-order valence-electron chi connectivity index (χ1n) is 11.7. The van der Waals surface area contributed by atoms with Gasteiger partial charge in [-0.15, -0.1) is 10.2 Å². The molecule has 0 spiro atoms. The number of rotatable bonds is 8. The number of carbonyl (C=O) groups is 1. The van der Waals surface area contributed by atoms with Crippen LogP contribution in [-0.2, 0) is 11.3 Å². The summed E-state index contributed by atoms with van der Waals surface area (Å²) in [7, 11) is 0. The van der Waals surface area contributed by atoms with Gasteiger partial charge in [-0.1, -0.05) is 78.5 Å². The van der Waals surface area contributed by atoms with E-state index in [1.807, 2.05) is 103 Å². The third-order valence-electron chi connectivity index (χ3n) is 5.70. The largest absolute Gasteiger partial charge is 0.467 e. The monoisotopic (exact) mass is 494 g/mol. The minimum absolute atomic E-state index is 0.120. The van der Waals surface area contributed by atoms with E-state index in [0.717, 1.165) is 39.5 Å². The quantitative estimate of drug-likeness (QED) is 0.244. The highest BCUT2D eigenvalue weighted by Crippen LogP contribution is 2.37. The van der Waals surface area contributed by atoms with Gasteiger partial charge in [0.25, 0.3) is 0 Å². The maximum absolute atomic E-state index is 13.6. The predicted molar refractivity (Wildman–Crippen MR) is 143 cm³/mol. The van der Waals surface area contributed by atoms with E-state index in [4.69, 9.17) is 4.42 Å². The number of nitrogens with zero attached hydrogens (tertiary/aromatic N) is 3. The van der Waals surface area contributed by atoms with Gasteiger partial charge in [0.15, 0.2) is 11.0 Å². The third-order valence-corrected chi connectivity index (χ3v) is 6.93. The first-order valence-corrected chi connectivity index (χ1v) is 12.6. The molecular weight excluding hydrogens is 468 g/mol. The van der Waals surface area contributed by atoms with Crippen LogP contribution >= 0.6 is 11.8 Å². The Morgan fingerprint density at radius 3 is 2.28 bits per heavy atom. The second-order valence-corrected chi connectivity index (χ2v) is 9.68. The van der Waals surface area contributed by atoms with Crippen LogP contribution in [-0.4, -0.2) is 20.7 Å². The summed E-state index contributed by atoms with van der Waals surface area (Å²) in [5.74, 6) is 1.38. The number of benzene rings is 3. The third kappa shape index (κ3) is 5.42. The topological polar surface area (TPSA) is 73.0 Å². The highest BCUT2D eigenvalue weighted by molar-refractivity contribution is 8.00. The molecule has 7 heteroatoms. The zero-order valence-electron chi connectivity index (χ0n) is 20.1. The lowest BCUT2D eigenvalue weighted by atomic mass is 10.1. The number of nitrogens with one attached hydrogen (secondary N) is 1. The molecule has 180 valence electrons. The molecule has 3 aromatic carbocycles. The summed E-state index contributed by atoms with van der Waals surface area (Å²) in [6, 6.07) is 29.5. The number of furan rings is 1. The Kier molecular flexibility index (Phi) is 7.00. The summed E-state index contributed by atoms with van der Waals surface area (Å²) in [6.45, 7) is 4.50. The molecule has 0 aliphatic heterocycles. The molecule has 1 amide bonds. The van der Waals surface area contributed by atoms with Crippen molar-refractivity contribution in [1.29, 1.82) is 0 Å². The van der Waals surface area contributed by atoms with Crippen LogP contribution < -0.4 is 5.32 Å². The number of hydrogen-bond donors (Lipinski definition) is 1. The molecule has 2 heterocycles. The average molecular weight is 495 g/mol. The van der Waals surface area contributed by atoms with Crippen molar-refractivity contribution in [3.8, 4) is 11.4 Å². The molecule has 0 saturated heterocycles.